The third-order valence-electron chi connectivity index (χ3n) is 3.36. The van der Waals surface area contributed by atoms with Crippen molar-refractivity contribution in [2.75, 3.05) is 33.3 Å². The second-order valence-electron chi connectivity index (χ2n) is 5.19. The molecule has 0 saturated carbocycles. The van der Waals surface area contributed by atoms with E-state index in [1.807, 2.05) is 19.2 Å². The standard InChI is InChI=1S/C15H21ClN2O3/c1-11(21-14-6-4-3-5-13(14)16)15(19)17-9-12-10-18(2)7-8-20-12/h3-6,11-12H,7-10H2,1-2H3,(H,17,19)/t11-,12+/m1/s1. The number of morpholine rings is 1. The van der Waals surface area contributed by atoms with Gasteiger partial charge in [-0.05, 0) is 26.1 Å². The molecule has 1 fully saturated rings. The van der Waals surface area contributed by atoms with Crippen LogP contribution in [0.1, 0.15) is 6.92 Å². The van der Waals surface area contributed by atoms with E-state index in [-0.39, 0.29) is 12.0 Å². The van der Waals surface area contributed by atoms with Crippen molar-refractivity contribution in [1.82, 2.24) is 10.2 Å². The maximum atomic E-state index is 12.0. The highest BCUT2D eigenvalue weighted by Crippen LogP contribution is 2.24. The summed E-state index contributed by atoms with van der Waals surface area (Å²) in [5.74, 6) is 0.335. The van der Waals surface area contributed by atoms with Gasteiger partial charge in [-0.1, -0.05) is 23.7 Å². The molecule has 0 aromatic heterocycles. The van der Waals surface area contributed by atoms with E-state index in [1.165, 1.54) is 0 Å². The van der Waals surface area contributed by atoms with Gasteiger partial charge in [-0.3, -0.25) is 4.79 Å². The summed E-state index contributed by atoms with van der Waals surface area (Å²) in [6.45, 7) is 4.63. The van der Waals surface area contributed by atoms with E-state index in [1.54, 1.807) is 19.1 Å². The lowest BCUT2D eigenvalue weighted by Gasteiger charge is -2.30. The van der Waals surface area contributed by atoms with Gasteiger partial charge in [-0.25, -0.2) is 0 Å². The fourth-order valence-electron chi connectivity index (χ4n) is 2.13. The zero-order valence-corrected chi connectivity index (χ0v) is 13.1. The van der Waals surface area contributed by atoms with Gasteiger partial charge in [0, 0.05) is 19.6 Å². The molecule has 0 spiro atoms. The fraction of sp³-hybridized carbons (Fsp3) is 0.533. The lowest BCUT2D eigenvalue weighted by molar-refractivity contribution is -0.128. The average Bonchev–Trinajstić information content (AvgIpc) is 2.47. The van der Waals surface area contributed by atoms with Crippen LogP contribution in [0.5, 0.6) is 5.75 Å². The number of carbonyl (C=O) groups excluding carboxylic acids is 1. The van der Waals surface area contributed by atoms with Gasteiger partial charge in [-0.15, -0.1) is 0 Å². The van der Waals surface area contributed by atoms with Crippen molar-refractivity contribution in [3.63, 3.8) is 0 Å². The number of likely N-dealkylation sites (N-methyl/N-ethyl adjacent to an activating group) is 1. The normalized spacial score (nSPS) is 20.8. The average molecular weight is 313 g/mol. The molecular weight excluding hydrogens is 292 g/mol. The molecule has 0 unspecified atom stereocenters. The van der Waals surface area contributed by atoms with Crippen molar-refractivity contribution >= 4 is 17.5 Å². The topological polar surface area (TPSA) is 50.8 Å². The molecule has 116 valence electrons. The van der Waals surface area contributed by atoms with Crippen molar-refractivity contribution in [3.05, 3.63) is 29.3 Å². The molecule has 0 radical (unpaired) electrons. The molecule has 1 amide bonds. The Morgan fingerprint density at radius 3 is 3.05 bits per heavy atom. The van der Waals surface area contributed by atoms with E-state index in [9.17, 15) is 4.79 Å². The van der Waals surface area contributed by atoms with Crippen LogP contribution in [-0.4, -0.2) is 56.3 Å². The number of ether oxygens (including phenoxy) is 2. The summed E-state index contributed by atoms with van der Waals surface area (Å²) in [5.41, 5.74) is 0. The zero-order chi connectivity index (χ0) is 15.2. The van der Waals surface area contributed by atoms with Crippen molar-refractivity contribution < 1.29 is 14.3 Å². The minimum Gasteiger partial charge on any atom is -0.479 e. The molecule has 2 rings (SSSR count). The predicted octanol–water partition coefficient (Wildman–Crippen LogP) is 1.55. The van der Waals surface area contributed by atoms with Gasteiger partial charge < -0.3 is 19.7 Å². The minimum absolute atomic E-state index is 0.0280. The SMILES string of the molecule is C[C@@H](Oc1ccccc1Cl)C(=O)NC[C@H]1CN(C)CCO1. The highest BCUT2D eigenvalue weighted by atomic mass is 35.5. The molecule has 5 nitrogen and oxygen atoms in total. The Kier molecular flexibility index (Phi) is 5.85. The maximum Gasteiger partial charge on any atom is 0.260 e. The lowest BCUT2D eigenvalue weighted by atomic mass is 10.2. The molecule has 1 aromatic carbocycles. The van der Waals surface area contributed by atoms with Gasteiger partial charge in [0.2, 0.25) is 0 Å². The first kappa shape index (κ1) is 16.1. The zero-order valence-electron chi connectivity index (χ0n) is 12.3. The number of rotatable bonds is 5. The summed E-state index contributed by atoms with van der Waals surface area (Å²) in [6.07, 6.45) is -0.577. The van der Waals surface area contributed by atoms with Crippen molar-refractivity contribution in [3.8, 4) is 5.75 Å². The minimum atomic E-state index is -0.605. The monoisotopic (exact) mass is 312 g/mol. The summed E-state index contributed by atoms with van der Waals surface area (Å²) in [6, 6.07) is 7.10. The van der Waals surface area contributed by atoms with Gasteiger partial charge in [0.25, 0.3) is 5.91 Å². The van der Waals surface area contributed by atoms with Crippen LogP contribution in [-0.2, 0) is 9.53 Å². The molecule has 0 aliphatic carbocycles. The van der Waals surface area contributed by atoms with Gasteiger partial charge in [0.1, 0.15) is 5.75 Å². The van der Waals surface area contributed by atoms with Gasteiger partial charge in [0.15, 0.2) is 6.10 Å². The fourth-order valence-corrected chi connectivity index (χ4v) is 2.31. The number of para-hydroxylation sites is 1. The number of halogens is 1. The summed E-state index contributed by atoms with van der Waals surface area (Å²) in [4.78, 5) is 14.2. The predicted molar refractivity (Wildman–Crippen MR) is 81.8 cm³/mol. The number of carbonyl (C=O) groups is 1. The number of amides is 1. The molecule has 1 aliphatic rings. The van der Waals surface area contributed by atoms with E-state index in [2.05, 4.69) is 10.2 Å². The molecule has 2 atom stereocenters. The number of nitrogens with one attached hydrogen (secondary N) is 1. The van der Waals surface area contributed by atoms with Crippen LogP contribution in [0, 0.1) is 0 Å². The van der Waals surface area contributed by atoms with Gasteiger partial charge >= 0.3 is 0 Å². The second-order valence-corrected chi connectivity index (χ2v) is 5.60. The molecule has 1 aromatic rings. The van der Waals surface area contributed by atoms with Crippen LogP contribution in [0.2, 0.25) is 5.02 Å². The molecule has 0 bridgehead atoms. The van der Waals surface area contributed by atoms with Crippen LogP contribution >= 0.6 is 11.6 Å². The van der Waals surface area contributed by atoms with Crippen LogP contribution in [0.15, 0.2) is 24.3 Å². The molecule has 1 aliphatic heterocycles. The molecular formula is C15H21ClN2O3. The van der Waals surface area contributed by atoms with E-state index in [4.69, 9.17) is 21.1 Å². The smallest absolute Gasteiger partial charge is 0.260 e. The number of hydrogen-bond acceptors (Lipinski definition) is 4. The van der Waals surface area contributed by atoms with Crippen molar-refractivity contribution in [2.45, 2.75) is 19.1 Å². The molecule has 21 heavy (non-hydrogen) atoms. The third kappa shape index (κ3) is 4.88. The summed E-state index contributed by atoms with van der Waals surface area (Å²) < 4.78 is 11.2. The second kappa shape index (κ2) is 7.64. The Balaban J connectivity index is 1.78. The first-order valence-electron chi connectivity index (χ1n) is 7.05. The van der Waals surface area contributed by atoms with E-state index < -0.39 is 6.10 Å². The Bertz CT molecular complexity index is 484. The third-order valence-corrected chi connectivity index (χ3v) is 3.67. The molecule has 6 heteroatoms. The number of hydrogen-bond donors (Lipinski definition) is 1. The number of nitrogens with zero attached hydrogens (tertiary/aromatic N) is 1. The van der Waals surface area contributed by atoms with Gasteiger partial charge in [0.05, 0.1) is 17.7 Å². The van der Waals surface area contributed by atoms with Gasteiger partial charge in [-0.2, -0.15) is 0 Å². The Hall–Kier alpha value is -1.30. The maximum absolute atomic E-state index is 12.0. The summed E-state index contributed by atoms with van der Waals surface area (Å²) in [7, 11) is 2.04. The molecule has 1 N–H and O–H groups in total. The quantitative estimate of drug-likeness (QED) is 0.896. The van der Waals surface area contributed by atoms with Crippen LogP contribution in [0.4, 0.5) is 0 Å². The van der Waals surface area contributed by atoms with E-state index in [0.29, 0.717) is 23.9 Å². The molecule has 1 heterocycles. The van der Waals surface area contributed by atoms with Crippen LogP contribution in [0.3, 0.4) is 0 Å². The highest BCUT2D eigenvalue weighted by molar-refractivity contribution is 6.32. The first-order chi connectivity index (χ1) is 10.1. The van der Waals surface area contributed by atoms with Crippen molar-refractivity contribution in [1.29, 1.82) is 0 Å². The van der Waals surface area contributed by atoms with E-state index in [0.717, 1.165) is 13.1 Å². The van der Waals surface area contributed by atoms with Crippen LogP contribution < -0.4 is 10.1 Å². The summed E-state index contributed by atoms with van der Waals surface area (Å²) in [5, 5.41) is 3.35. The summed E-state index contributed by atoms with van der Waals surface area (Å²) >= 11 is 6.01. The molecule has 1 saturated heterocycles. The van der Waals surface area contributed by atoms with E-state index >= 15 is 0 Å². The Morgan fingerprint density at radius 2 is 2.33 bits per heavy atom. The Morgan fingerprint density at radius 1 is 1.57 bits per heavy atom. The van der Waals surface area contributed by atoms with Crippen LogP contribution in [0.25, 0.3) is 0 Å². The lowest BCUT2D eigenvalue weighted by Crippen LogP contribution is -2.47. The largest absolute Gasteiger partial charge is 0.479 e. The highest BCUT2D eigenvalue weighted by Gasteiger charge is 2.21. The van der Waals surface area contributed by atoms with Crippen molar-refractivity contribution in [2.24, 2.45) is 0 Å². The number of benzene rings is 1. The Labute approximate surface area is 130 Å². The first-order valence-corrected chi connectivity index (χ1v) is 7.43.